The van der Waals surface area contributed by atoms with Gasteiger partial charge in [-0.25, -0.2) is 0 Å². The first-order valence-corrected chi connectivity index (χ1v) is 11.1. The first-order valence-electron chi connectivity index (χ1n) is 9.99. The fraction of sp³-hybridized carbons (Fsp3) is 0.500. The van der Waals surface area contributed by atoms with Crippen molar-refractivity contribution in [2.24, 2.45) is 5.41 Å². The van der Waals surface area contributed by atoms with Gasteiger partial charge in [-0.05, 0) is 64.7 Å². The van der Waals surface area contributed by atoms with Gasteiger partial charge >= 0.3 is 0 Å². The topological polar surface area (TPSA) is 29.5 Å². The first kappa shape index (κ1) is 20.3. The van der Waals surface area contributed by atoms with Crippen LogP contribution in [0.1, 0.15) is 69.3 Å². The minimum Gasteiger partial charge on any atom is -0.513 e. The number of aliphatic hydroxyl groups excluding tert-OH is 1. The molecule has 1 spiro atoms. The second-order valence-corrected chi connectivity index (χ2v) is 8.60. The number of aliphatic hydroxyl groups is 1. The Bertz CT molecular complexity index is 730. The van der Waals surface area contributed by atoms with Crippen molar-refractivity contribution in [3.05, 3.63) is 53.8 Å². The summed E-state index contributed by atoms with van der Waals surface area (Å²) >= 11 is 2.03. The number of hydrogen-bond acceptors (Lipinski definition) is 2. The van der Waals surface area contributed by atoms with Crippen LogP contribution in [0.25, 0.3) is 0 Å². The monoisotopic (exact) mass is 476 g/mol. The van der Waals surface area contributed by atoms with E-state index in [-0.39, 0.29) is 11.7 Å². The Kier molecular flexibility index (Phi) is 7.29. The van der Waals surface area contributed by atoms with Gasteiger partial charge in [-0.1, -0.05) is 50.0 Å². The molecular weight excluding hydrogens is 447 g/mol. The SMILES string of the molecule is C=C(O)C[C@H](C#CI)c1ccc(OCC2=CCCC3(CCCCC3)C2)cc1. The van der Waals surface area contributed by atoms with Crippen LogP contribution in [0.4, 0.5) is 0 Å². The Morgan fingerprint density at radius 3 is 2.59 bits per heavy atom. The Labute approximate surface area is 177 Å². The van der Waals surface area contributed by atoms with E-state index < -0.39 is 0 Å². The third kappa shape index (κ3) is 5.78. The first-order chi connectivity index (χ1) is 13.1. The maximum Gasteiger partial charge on any atom is 0.119 e. The van der Waals surface area contributed by atoms with Gasteiger partial charge in [0.05, 0.1) is 11.7 Å². The van der Waals surface area contributed by atoms with Gasteiger partial charge in [0.25, 0.3) is 0 Å². The minimum atomic E-state index is -0.0272. The second kappa shape index (κ2) is 9.68. The van der Waals surface area contributed by atoms with Crippen LogP contribution in [0.15, 0.2) is 48.3 Å². The van der Waals surface area contributed by atoms with Crippen molar-refractivity contribution < 1.29 is 9.84 Å². The molecule has 1 saturated carbocycles. The average molecular weight is 476 g/mol. The van der Waals surface area contributed by atoms with Crippen molar-refractivity contribution in [1.29, 1.82) is 0 Å². The standard InChI is InChI=1S/C24H29IO2/c1-19(26)16-22(11-15-25)21-7-9-23(10-8-21)27-18-20-6-5-14-24(17-20)12-3-2-4-13-24/h6-10,22,26H,1-5,12-14,16-18H2/t22-/m0/s1. The summed E-state index contributed by atoms with van der Waals surface area (Å²) in [5.74, 6) is 4.17. The molecule has 2 nitrogen and oxygen atoms in total. The van der Waals surface area contributed by atoms with Crippen molar-refractivity contribution in [3.8, 4) is 15.6 Å². The maximum absolute atomic E-state index is 9.50. The number of ether oxygens (including phenoxy) is 1. The van der Waals surface area contributed by atoms with E-state index in [1.54, 1.807) is 0 Å². The van der Waals surface area contributed by atoms with Gasteiger partial charge in [0.1, 0.15) is 12.4 Å². The summed E-state index contributed by atoms with van der Waals surface area (Å²) < 4.78 is 8.99. The molecule has 0 heterocycles. The molecule has 0 radical (unpaired) electrons. The molecule has 2 aliphatic carbocycles. The van der Waals surface area contributed by atoms with E-state index in [9.17, 15) is 5.11 Å². The van der Waals surface area contributed by atoms with Crippen LogP contribution in [-0.2, 0) is 0 Å². The molecule has 1 N–H and O–H groups in total. The summed E-state index contributed by atoms with van der Waals surface area (Å²) in [5.41, 5.74) is 3.12. The number of benzene rings is 1. The zero-order chi connectivity index (χ0) is 19.1. The third-order valence-electron chi connectivity index (χ3n) is 6.00. The normalized spacial score (nSPS) is 19.5. The van der Waals surface area contributed by atoms with E-state index in [1.807, 2.05) is 46.9 Å². The van der Waals surface area contributed by atoms with Gasteiger partial charge < -0.3 is 9.84 Å². The van der Waals surface area contributed by atoms with Crippen LogP contribution < -0.4 is 4.74 Å². The number of rotatable bonds is 6. The van der Waals surface area contributed by atoms with Gasteiger partial charge in [0, 0.05) is 29.0 Å². The maximum atomic E-state index is 9.50. The highest BCUT2D eigenvalue weighted by Gasteiger charge is 2.34. The highest BCUT2D eigenvalue weighted by atomic mass is 127. The highest BCUT2D eigenvalue weighted by molar-refractivity contribution is 14.1. The molecule has 0 saturated heterocycles. The minimum absolute atomic E-state index is 0.0272. The Morgan fingerprint density at radius 1 is 1.19 bits per heavy atom. The summed E-state index contributed by atoms with van der Waals surface area (Å²) in [4.78, 5) is 0. The largest absolute Gasteiger partial charge is 0.513 e. The van der Waals surface area contributed by atoms with Crippen LogP contribution in [0.3, 0.4) is 0 Å². The fourth-order valence-corrected chi connectivity index (χ4v) is 4.97. The Balaban J connectivity index is 1.57. The van der Waals surface area contributed by atoms with Crippen molar-refractivity contribution in [1.82, 2.24) is 0 Å². The van der Waals surface area contributed by atoms with E-state index in [0.29, 0.717) is 18.4 Å². The molecule has 144 valence electrons. The van der Waals surface area contributed by atoms with Crippen LogP contribution in [-0.4, -0.2) is 11.7 Å². The number of allylic oxidation sites excluding steroid dienone is 2. The quantitative estimate of drug-likeness (QED) is 0.206. The van der Waals surface area contributed by atoms with E-state index in [0.717, 1.165) is 11.3 Å². The lowest BCUT2D eigenvalue weighted by Crippen LogP contribution is -2.28. The summed E-state index contributed by atoms with van der Waals surface area (Å²) in [7, 11) is 0. The van der Waals surface area contributed by atoms with Crippen molar-refractivity contribution >= 4 is 22.6 Å². The molecule has 2 aliphatic rings. The van der Waals surface area contributed by atoms with Gasteiger partial charge in [0.2, 0.25) is 0 Å². The molecule has 0 aliphatic heterocycles. The molecule has 27 heavy (non-hydrogen) atoms. The lowest BCUT2D eigenvalue weighted by atomic mass is 9.65. The molecule has 1 atom stereocenters. The molecule has 1 aromatic rings. The molecule has 3 heteroatoms. The molecule has 1 fully saturated rings. The zero-order valence-electron chi connectivity index (χ0n) is 16.0. The Hall–Kier alpha value is -1.41. The molecular formula is C24H29IO2. The zero-order valence-corrected chi connectivity index (χ0v) is 18.1. The molecule has 0 unspecified atom stereocenters. The molecule has 0 aromatic heterocycles. The smallest absolute Gasteiger partial charge is 0.119 e. The van der Waals surface area contributed by atoms with Gasteiger partial charge in [-0.3, -0.25) is 0 Å². The summed E-state index contributed by atoms with van der Waals surface area (Å²) in [5, 5.41) is 9.50. The fourth-order valence-electron chi connectivity index (χ4n) is 4.59. The predicted octanol–water partition coefficient (Wildman–Crippen LogP) is 7.07. The lowest BCUT2D eigenvalue weighted by Gasteiger charge is -2.40. The second-order valence-electron chi connectivity index (χ2n) is 8.06. The van der Waals surface area contributed by atoms with Gasteiger partial charge in [-0.15, -0.1) is 0 Å². The van der Waals surface area contributed by atoms with Crippen LogP contribution in [0.2, 0.25) is 0 Å². The van der Waals surface area contributed by atoms with E-state index in [2.05, 4.69) is 22.5 Å². The van der Waals surface area contributed by atoms with Crippen molar-refractivity contribution in [3.63, 3.8) is 0 Å². The summed E-state index contributed by atoms with van der Waals surface area (Å²) in [6, 6.07) is 8.11. The van der Waals surface area contributed by atoms with Crippen molar-refractivity contribution in [2.45, 2.75) is 63.7 Å². The van der Waals surface area contributed by atoms with Crippen LogP contribution in [0.5, 0.6) is 5.75 Å². The molecule has 0 amide bonds. The lowest BCUT2D eigenvalue weighted by molar-refractivity contribution is 0.158. The molecule has 0 bridgehead atoms. The highest BCUT2D eigenvalue weighted by Crippen LogP contribution is 2.47. The molecule has 3 rings (SSSR count). The van der Waals surface area contributed by atoms with Crippen molar-refractivity contribution in [2.75, 3.05) is 6.61 Å². The van der Waals surface area contributed by atoms with Gasteiger partial charge in [0.15, 0.2) is 0 Å². The summed E-state index contributed by atoms with van der Waals surface area (Å²) in [6.07, 6.45) is 13.7. The number of hydrogen-bond donors (Lipinski definition) is 1. The van der Waals surface area contributed by atoms with E-state index >= 15 is 0 Å². The Morgan fingerprint density at radius 2 is 1.93 bits per heavy atom. The van der Waals surface area contributed by atoms with Gasteiger partial charge in [-0.2, -0.15) is 0 Å². The van der Waals surface area contributed by atoms with Crippen LogP contribution in [0, 0.1) is 15.3 Å². The predicted molar refractivity (Wildman–Crippen MR) is 120 cm³/mol. The van der Waals surface area contributed by atoms with E-state index in [1.165, 1.54) is 56.9 Å². The average Bonchev–Trinajstić information content (AvgIpc) is 2.67. The van der Waals surface area contributed by atoms with Crippen LogP contribution >= 0.6 is 22.6 Å². The number of halogens is 1. The third-order valence-corrected chi connectivity index (χ3v) is 6.31. The van der Waals surface area contributed by atoms with E-state index in [4.69, 9.17) is 4.74 Å². The molecule has 1 aromatic carbocycles. The summed E-state index contributed by atoms with van der Waals surface area (Å²) in [6.45, 7) is 4.29.